The number of hydrogen-bond donors (Lipinski definition) is 0. The van der Waals surface area contributed by atoms with Crippen LogP contribution in [0.2, 0.25) is 0 Å². The molecule has 1 aliphatic carbocycles. The fourth-order valence-corrected chi connectivity index (χ4v) is 3.38. The highest BCUT2D eigenvalue weighted by Crippen LogP contribution is 2.55. The minimum atomic E-state index is 0.456. The lowest BCUT2D eigenvalue weighted by Crippen LogP contribution is -2.04. The molecule has 0 amide bonds. The lowest BCUT2D eigenvalue weighted by Gasteiger charge is -2.16. The van der Waals surface area contributed by atoms with E-state index in [0.29, 0.717) is 24.0 Å². The molecule has 18 heavy (non-hydrogen) atoms. The highest BCUT2D eigenvalue weighted by molar-refractivity contribution is 5.33. The Balaban J connectivity index is 1.62. The Morgan fingerprint density at radius 2 is 1.11 bits per heavy atom. The van der Waals surface area contributed by atoms with E-state index in [9.17, 15) is 0 Å². The first-order chi connectivity index (χ1) is 8.93. The summed E-state index contributed by atoms with van der Waals surface area (Å²) in [7, 11) is 0. The van der Waals surface area contributed by atoms with E-state index in [1.165, 1.54) is 17.5 Å². The second-order valence-corrected chi connectivity index (χ2v) is 5.34. The monoisotopic (exact) mass is 236 g/mol. The Bertz CT molecular complexity index is 485. The molecule has 4 rings (SSSR count). The first-order valence-corrected chi connectivity index (χ1v) is 6.69. The van der Waals surface area contributed by atoms with Crippen molar-refractivity contribution in [3.05, 3.63) is 71.8 Å². The van der Waals surface area contributed by atoms with Gasteiger partial charge in [0.25, 0.3) is 0 Å². The van der Waals surface area contributed by atoms with E-state index < -0.39 is 0 Å². The summed E-state index contributed by atoms with van der Waals surface area (Å²) in [6.07, 6.45) is 2.14. The smallest absolute Gasteiger partial charge is 0.0916 e. The molecule has 4 atom stereocenters. The molecule has 90 valence electrons. The molecule has 2 aliphatic rings. The molecule has 1 nitrogen and oxygen atoms in total. The summed E-state index contributed by atoms with van der Waals surface area (Å²) in [5.41, 5.74) is 2.87. The van der Waals surface area contributed by atoms with Gasteiger partial charge in [-0.05, 0) is 17.5 Å². The van der Waals surface area contributed by atoms with Gasteiger partial charge in [-0.1, -0.05) is 60.7 Å². The van der Waals surface area contributed by atoms with Gasteiger partial charge in [0.15, 0.2) is 0 Å². The van der Waals surface area contributed by atoms with Gasteiger partial charge in [0, 0.05) is 11.8 Å². The van der Waals surface area contributed by atoms with E-state index in [-0.39, 0.29) is 0 Å². The fraction of sp³-hybridized carbons (Fsp3) is 0.294. The van der Waals surface area contributed by atoms with Crippen LogP contribution in [0.1, 0.15) is 29.4 Å². The number of epoxide rings is 1. The summed E-state index contributed by atoms with van der Waals surface area (Å²) >= 11 is 0. The summed E-state index contributed by atoms with van der Waals surface area (Å²) in [6, 6.07) is 21.6. The van der Waals surface area contributed by atoms with E-state index in [2.05, 4.69) is 60.7 Å². The Kier molecular flexibility index (Phi) is 2.27. The van der Waals surface area contributed by atoms with Crippen molar-refractivity contribution in [3.63, 3.8) is 0 Å². The minimum absolute atomic E-state index is 0.456. The van der Waals surface area contributed by atoms with Crippen molar-refractivity contribution in [1.29, 1.82) is 0 Å². The summed E-state index contributed by atoms with van der Waals surface area (Å²) in [5, 5.41) is 0. The topological polar surface area (TPSA) is 12.5 Å². The van der Waals surface area contributed by atoms with Crippen molar-refractivity contribution < 1.29 is 4.74 Å². The SMILES string of the molecule is c1ccc(C2CC(c3ccccc3)C3OC23)cc1. The van der Waals surface area contributed by atoms with E-state index in [1.807, 2.05) is 0 Å². The van der Waals surface area contributed by atoms with Crippen molar-refractivity contribution in [2.75, 3.05) is 0 Å². The van der Waals surface area contributed by atoms with Gasteiger partial charge < -0.3 is 4.74 Å². The van der Waals surface area contributed by atoms with Crippen LogP contribution in [0.5, 0.6) is 0 Å². The number of ether oxygens (including phenoxy) is 1. The quantitative estimate of drug-likeness (QED) is 0.724. The molecule has 1 saturated carbocycles. The van der Waals surface area contributed by atoms with Crippen LogP contribution in [-0.4, -0.2) is 12.2 Å². The molecule has 1 heteroatoms. The maximum absolute atomic E-state index is 5.89. The first kappa shape index (κ1) is 10.3. The standard InChI is InChI=1S/C17H16O/c1-3-7-12(8-4-1)14-11-15(17-16(14)18-17)13-9-5-2-6-10-13/h1-10,14-17H,11H2. The lowest BCUT2D eigenvalue weighted by atomic mass is 9.92. The summed E-state index contributed by atoms with van der Waals surface area (Å²) < 4.78 is 5.89. The zero-order valence-corrected chi connectivity index (χ0v) is 10.2. The van der Waals surface area contributed by atoms with Gasteiger partial charge in [-0.25, -0.2) is 0 Å². The maximum atomic E-state index is 5.89. The largest absolute Gasteiger partial charge is 0.368 e. The number of benzene rings is 2. The van der Waals surface area contributed by atoms with E-state index in [1.54, 1.807) is 0 Å². The molecule has 1 saturated heterocycles. The molecule has 2 fully saturated rings. The van der Waals surface area contributed by atoms with E-state index in [0.717, 1.165) is 0 Å². The minimum Gasteiger partial charge on any atom is -0.368 e. The fourth-order valence-electron chi connectivity index (χ4n) is 3.38. The molecule has 2 aromatic rings. The van der Waals surface area contributed by atoms with Crippen molar-refractivity contribution in [2.45, 2.75) is 30.5 Å². The first-order valence-electron chi connectivity index (χ1n) is 6.69. The van der Waals surface area contributed by atoms with Gasteiger partial charge in [0.05, 0.1) is 12.2 Å². The van der Waals surface area contributed by atoms with Crippen LogP contribution in [0.3, 0.4) is 0 Å². The van der Waals surface area contributed by atoms with Gasteiger partial charge in [0.2, 0.25) is 0 Å². The highest BCUT2D eigenvalue weighted by atomic mass is 16.6. The summed E-state index contributed by atoms with van der Waals surface area (Å²) in [5.74, 6) is 1.17. The predicted molar refractivity (Wildman–Crippen MR) is 71.6 cm³/mol. The highest BCUT2D eigenvalue weighted by Gasteiger charge is 2.56. The zero-order valence-electron chi connectivity index (χ0n) is 10.2. The molecule has 4 unspecified atom stereocenters. The molecular weight excluding hydrogens is 220 g/mol. The third-order valence-corrected chi connectivity index (χ3v) is 4.32. The van der Waals surface area contributed by atoms with Gasteiger partial charge in [-0.3, -0.25) is 0 Å². The van der Waals surface area contributed by atoms with E-state index >= 15 is 0 Å². The van der Waals surface area contributed by atoms with Crippen LogP contribution in [0.4, 0.5) is 0 Å². The second-order valence-electron chi connectivity index (χ2n) is 5.34. The number of hydrogen-bond acceptors (Lipinski definition) is 1. The summed E-state index contributed by atoms with van der Waals surface area (Å²) in [4.78, 5) is 0. The van der Waals surface area contributed by atoms with Crippen molar-refractivity contribution >= 4 is 0 Å². The molecule has 1 heterocycles. The molecule has 2 aromatic carbocycles. The molecule has 1 aliphatic heterocycles. The van der Waals surface area contributed by atoms with Crippen LogP contribution in [0.15, 0.2) is 60.7 Å². The number of fused-ring (bicyclic) bond motifs is 1. The average Bonchev–Trinajstić information content (AvgIpc) is 3.15. The third-order valence-electron chi connectivity index (χ3n) is 4.32. The number of rotatable bonds is 2. The third kappa shape index (κ3) is 1.58. The van der Waals surface area contributed by atoms with Crippen molar-refractivity contribution in [1.82, 2.24) is 0 Å². The lowest BCUT2D eigenvalue weighted by molar-refractivity contribution is 0.281. The van der Waals surface area contributed by atoms with Crippen LogP contribution >= 0.6 is 0 Å². The van der Waals surface area contributed by atoms with Crippen LogP contribution in [-0.2, 0) is 4.74 Å². The molecule has 0 spiro atoms. The van der Waals surface area contributed by atoms with Gasteiger partial charge in [-0.15, -0.1) is 0 Å². The predicted octanol–water partition coefficient (Wildman–Crippen LogP) is 3.73. The van der Waals surface area contributed by atoms with Crippen molar-refractivity contribution in [3.8, 4) is 0 Å². The second kappa shape index (κ2) is 3.96. The van der Waals surface area contributed by atoms with Gasteiger partial charge in [-0.2, -0.15) is 0 Å². The van der Waals surface area contributed by atoms with Gasteiger partial charge in [0.1, 0.15) is 0 Å². The summed E-state index contributed by atoms with van der Waals surface area (Å²) in [6.45, 7) is 0. The average molecular weight is 236 g/mol. The molecule has 0 bridgehead atoms. The van der Waals surface area contributed by atoms with Gasteiger partial charge >= 0.3 is 0 Å². The Hall–Kier alpha value is -1.60. The van der Waals surface area contributed by atoms with Crippen molar-refractivity contribution in [2.24, 2.45) is 0 Å². The maximum Gasteiger partial charge on any atom is 0.0916 e. The zero-order chi connectivity index (χ0) is 11.9. The molecular formula is C17H16O. The van der Waals surface area contributed by atoms with E-state index in [4.69, 9.17) is 4.74 Å². The molecule has 0 N–H and O–H groups in total. The Morgan fingerprint density at radius 3 is 1.56 bits per heavy atom. The van der Waals surface area contributed by atoms with Crippen LogP contribution < -0.4 is 0 Å². The van der Waals surface area contributed by atoms with Crippen LogP contribution in [0.25, 0.3) is 0 Å². The molecule has 0 radical (unpaired) electrons. The Morgan fingerprint density at radius 1 is 0.667 bits per heavy atom. The van der Waals surface area contributed by atoms with Crippen LogP contribution in [0, 0.1) is 0 Å². The normalized spacial score (nSPS) is 33.1. The molecule has 0 aromatic heterocycles. The Labute approximate surface area is 107 Å².